The summed E-state index contributed by atoms with van der Waals surface area (Å²) in [5.74, 6) is 0.973. The van der Waals surface area contributed by atoms with Crippen molar-refractivity contribution in [2.24, 2.45) is 10.8 Å². The number of nitrogens with zero attached hydrogens (tertiary/aromatic N) is 5. The van der Waals surface area contributed by atoms with Crippen molar-refractivity contribution in [1.82, 2.24) is 14.1 Å². The molecule has 1 unspecified atom stereocenters. The average Bonchev–Trinajstić information content (AvgIpc) is 2.88. The normalized spacial score (nSPS) is 15.2. The number of anilines is 1. The number of hydrogen-bond acceptors (Lipinski definition) is 7. The Morgan fingerprint density at radius 2 is 1.86 bits per heavy atom. The van der Waals surface area contributed by atoms with E-state index in [1.807, 2.05) is 72.7 Å². The topological polar surface area (TPSA) is 86.0 Å². The van der Waals surface area contributed by atoms with Gasteiger partial charge in [0.1, 0.15) is 0 Å². The first kappa shape index (κ1) is 25.2. The van der Waals surface area contributed by atoms with E-state index in [0.29, 0.717) is 61.4 Å². The molecule has 4 rings (SSSR count). The molecule has 35 heavy (non-hydrogen) atoms. The molecular formula is C25H29BN5O3S. The van der Waals surface area contributed by atoms with Crippen LogP contribution in [0.1, 0.15) is 19.4 Å². The van der Waals surface area contributed by atoms with Crippen molar-refractivity contribution in [3.05, 3.63) is 76.7 Å². The molecule has 10 heteroatoms. The molecule has 1 saturated heterocycles. The summed E-state index contributed by atoms with van der Waals surface area (Å²) in [6, 6.07) is 16.8. The maximum absolute atomic E-state index is 13.3. The van der Waals surface area contributed by atoms with Crippen LogP contribution in [-0.2, 0) is 17.1 Å². The van der Waals surface area contributed by atoms with E-state index < -0.39 is 11.4 Å². The zero-order chi connectivity index (χ0) is 24.8. The van der Waals surface area contributed by atoms with E-state index in [2.05, 4.69) is 14.9 Å². The number of hydrogen-bond donors (Lipinski definition) is 0. The fourth-order valence-electron chi connectivity index (χ4n) is 3.89. The summed E-state index contributed by atoms with van der Waals surface area (Å²) in [5, 5.41) is 4.43. The van der Waals surface area contributed by atoms with Gasteiger partial charge in [0.25, 0.3) is 0 Å². The van der Waals surface area contributed by atoms with Crippen LogP contribution in [0.25, 0.3) is 5.69 Å². The van der Waals surface area contributed by atoms with Gasteiger partial charge in [0.05, 0.1) is 12.3 Å². The Kier molecular flexibility index (Phi) is 8.38. The Morgan fingerprint density at radius 1 is 1.11 bits per heavy atom. The molecule has 0 aliphatic carbocycles. The molecule has 2 aromatic carbocycles. The van der Waals surface area contributed by atoms with Crippen LogP contribution in [-0.4, -0.2) is 59.1 Å². The second-order valence-electron chi connectivity index (χ2n) is 8.80. The zero-order valence-corrected chi connectivity index (χ0v) is 20.9. The van der Waals surface area contributed by atoms with Crippen molar-refractivity contribution in [2.45, 2.75) is 19.6 Å². The Morgan fingerprint density at radius 3 is 2.54 bits per heavy atom. The van der Waals surface area contributed by atoms with E-state index in [0.717, 1.165) is 5.56 Å². The van der Waals surface area contributed by atoms with E-state index in [9.17, 15) is 9.35 Å². The van der Waals surface area contributed by atoms with E-state index >= 15 is 0 Å². The quantitative estimate of drug-likeness (QED) is 0.338. The van der Waals surface area contributed by atoms with Crippen LogP contribution in [0.5, 0.6) is 5.75 Å². The van der Waals surface area contributed by atoms with Gasteiger partial charge in [-0.2, -0.15) is 9.78 Å². The molecule has 1 aromatic heterocycles. The standard InChI is InChI=1S/C25H29BN5O3S/c1-19(2)17-34-24-23(16-27-31(25(24)32)22-9-4-3-5-10-22)29-11-13-30(14-12-29)35(33)18-20-7-6-8-21(15-20)28-26/h3-10,15-16,19H,11-14,17-18H2,1-2H3. The number of para-hydroxylation sites is 1. The Hall–Kier alpha value is -2.95. The fourth-order valence-corrected chi connectivity index (χ4v) is 5.10. The molecule has 0 saturated carbocycles. The van der Waals surface area contributed by atoms with E-state index in [-0.39, 0.29) is 11.5 Å². The molecule has 0 spiro atoms. The molecule has 0 N–H and O–H groups in total. The monoisotopic (exact) mass is 490 g/mol. The molecule has 1 radical (unpaired) electrons. The Bertz CT molecular complexity index is 1200. The van der Waals surface area contributed by atoms with E-state index in [4.69, 9.17) is 12.4 Å². The molecule has 3 aromatic rings. The van der Waals surface area contributed by atoms with Gasteiger partial charge in [0, 0.05) is 0 Å². The van der Waals surface area contributed by atoms with Crippen LogP contribution in [0.2, 0.25) is 0 Å². The van der Waals surface area contributed by atoms with Gasteiger partial charge in [-0.15, -0.1) is 0 Å². The maximum atomic E-state index is 13.3. The number of ether oxygens (including phenoxy) is 1. The first-order chi connectivity index (χ1) is 17.0. The second-order valence-corrected chi connectivity index (χ2v) is 10.2. The first-order valence-corrected chi connectivity index (χ1v) is 12.9. The Balaban J connectivity index is 1.49. The van der Waals surface area contributed by atoms with Crippen molar-refractivity contribution in [1.29, 1.82) is 0 Å². The van der Waals surface area contributed by atoms with Gasteiger partial charge in [-0.25, -0.2) is 0 Å². The van der Waals surface area contributed by atoms with Crippen molar-refractivity contribution in [3.8, 4) is 11.4 Å². The van der Waals surface area contributed by atoms with Gasteiger partial charge in [-0.1, -0.05) is 32.0 Å². The molecule has 0 bridgehead atoms. The molecule has 1 aliphatic rings. The molecule has 0 amide bonds. The summed E-state index contributed by atoms with van der Waals surface area (Å²) in [7, 11) is 5.36. The SMILES string of the molecule is [B]=Nc1cccc(C[S+]([O-])N2CCN(c3cnn(-c4ccccc4)c(=O)c3OCC(C)C)CC2)c1. The number of benzene rings is 2. The van der Waals surface area contributed by atoms with Crippen LogP contribution in [0.15, 0.2) is 70.5 Å². The Labute approximate surface area is 210 Å². The molecule has 1 aliphatic heterocycles. The van der Waals surface area contributed by atoms with Crippen LogP contribution >= 0.6 is 0 Å². The van der Waals surface area contributed by atoms with E-state index in [1.165, 1.54) is 4.68 Å². The summed E-state index contributed by atoms with van der Waals surface area (Å²) in [4.78, 5) is 19.1. The number of piperazine rings is 1. The average molecular weight is 490 g/mol. The minimum atomic E-state index is -1.18. The molecule has 1 fully saturated rings. The predicted octanol–water partition coefficient (Wildman–Crippen LogP) is 3.24. The third-order valence-electron chi connectivity index (χ3n) is 5.69. The van der Waals surface area contributed by atoms with Crippen molar-refractivity contribution in [2.75, 3.05) is 37.7 Å². The molecule has 8 nitrogen and oxygen atoms in total. The van der Waals surface area contributed by atoms with Crippen LogP contribution in [0.4, 0.5) is 11.4 Å². The number of rotatable bonds is 9. The summed E-state index contributed by atoms with van der Waals surface area (Å²) in [5.41, 5.74) is 2.66. The third-order valence-corrected chi connectivity index (χ3v) is 7.21. The van der Waals surface area contributed by atoms with Gasteiger partial charge in [-0.05, 0) is 18.1 Å². The molecule has 1 atom stereocenters. The zero-order valence-electron chi connectivity index (χ0n) is 20.0. The number of aromatic nitrogens is 2. The van der Waals surface area contributed by atoms with Crippen molar-refractivity contribution >= 4 is 30.4 Å². The van der Waals surface area contributed by atoms with Gasteiger partial charge in [-0.3, -0.25) is 4.79 Å². The summed E-state index contributed by atoms with van der Waals surface area (Å²) < 4.78 is 22.3. The summed E-state index contributed by atoms with van der Waals surface area (Å²) >= 11 is -1.18. The van der Waals surface area contributed by atoms with Crippen LogP contribution in [0, 0.1) is 5.92 Å². The first-order valence-electron chi connectivity index (χ1n) is 11.6. The van der Waals surface area contributed by atoms with Crippen molar-refractivity contribution in [3.63, 3.8) is 0 Å². The van der Waals surface area contributed by atoms with Gasteiger partial charge >= 0.3 is 128 Å². The van der Waals surface area contributed by atoms with Gasteiger partial charge in [0.2, 0.25) is 0 Å². The third kappa shape index (κ3) is 6.19. The van der Waals surface area contributed by atoms with Gasteiger partial charge < -0.3 is 4.74 Å². The van der Waals surface area contributed by atoms with Crippen LogP contribution in [0.3, 0.4) is 0 Å². The van der Waals surface area contributed by atoms with Gasteiger partial charge in [0.15, 0.2) is 0 Å². The fraction of sp³-hybridized carbons (Fsp3) is 0.360. The van der Waals surface area contributed by atoms with E-state index in [1.54, 1.807) is 6.20 Å². The van der Waals surface area contributed by atoms with Crippen molar-refractivity contribution < 1.29 is 9.29 Å². The minimum absolute atomic E-state index is 0.269. The second kappa shape index (κ2) is 11.7. The predicted molar refractivity (Wildman–Crippen MR) is 140 cm³/mol. The molecule has 2 heterocycles. The summed E-state index contributed by atoms with van der Waals surface area (Å²) in [6.07, 6.45) is 1.69. The van der Waals surface area contributed by atoms with Crippen LogP contribution < -0.4 is 15.2 Å². The summed E-state index contributed by atoms with van der Waals surface area (Å²) in [6.45, 7) is 6.93. The molecule has 181 valence electrons. The molecular weight excluding hydrogens is 461 g/mol.